The molecule has 2 amide bonds. The first-order valence-electron chi connectivity index (χ1n) is 8.24. The van der Waals surface area contributed by atoms with E-state index >= 15 is 0 Å². The second kappa shape index (κ2) is 10.8. The molecule has 0 aromatic heterocycles. The van der Waals surface area contributed by atoms with Gasteiger partial charge in [0.1, 0.15) is 5.75 Å². The lowest BCUT2D eigenvalue weighted by molar-refractivity contribution is -0.118. The van der Waals surface area contributed by atoms with E-state index < -0.39 is 0 Å². The van der Waals surface area contributed by atoms with E-state index in [-0.39, 0.29) is 18.4 Å². The molecule has 0 aliphatic rings. The molecule has 0 radical (unpaired) electrons. The van der Waals surface area contributed by atoms with Gasteiger partial charge in [-0.1, -0.05) is 23.2 Å². The van der Waals surface area contributed by atoms with E-state index in [2.05, 4.69) is 10.6 Å². The van der Waals surface area contributed by atoms with Gasteiger partial charge in [-0.05, 0) is 48.9 Å². The summed E-state index contributed by atoms with van der Waals surface area (Å²) in [6, 6.07) is 11.3. The monoisotopic (exact) mass is 410 g/mol. The van der Waals surface area contributed by atoms with Crippen LogP contribution in [0.15, 0.2) is 42.5 Å². The van der Waals surface area contributed by atoms with Crippen molar-refractivity contribution in [2.24, 2.45) is 0 Å². The molecule has 0 fully saturated rings. The molecule has 2 N–H and O–H groups in total. The number of amides is 2. The summed E-state index contributed by atoms with van der Waals surface area (Å²) in [4.78, 5) is 24.0. The van der Waals surface area contributed by atoms with Gasteiger partial charge in [-0.2, -0.15) is 0 Å². The predicted octanol–water partition coefficient (Wildman–Crippen LogP) is 3.78. The number of anilines is 1. The molecule has 0 unspecified atom stereocenters. The molecule has 0 aliphatic heterocycles. The number of benzene rings is 2. The van der Waals surface area contributed by atoms with Crippen molar-refractivity contribution in [1.29, 1.82) is 0 Å². The topological polar surface area (TPSA) is 76.7 Å². The van der Waals surface area contributed by atoms with Gasteiger partial charge in [0.15, 0.2) is 6.61 Å². The summed E-state index contributed by atoms with van der Waals surface area (Å²) in [6.07, 6.45) is 0.744. The van der Waals surface area contributed by atoms with Crippen molar-refractivity contribution in [2.45, 2.75) is 6.42 Å². The van der Waals surface area contributed by atoms with Crippen LogP contribution in [0.1, 0.15) is 16.8 Å². The molecule has 2 rings (SSSR count). The highest BCUT2D eigenvalue weighted by atomic mass is 35.5. The van der Waals surface area contributed by atoms with Gasteiger partial charge >= 0.3 is 0 Å². The van der Waals surface area contributed by atoms with E-state index in [9.17, 15) is 9.59 Å². The van der Waals surface area contributed by atoms with Crippen molar-refractivity contribution < 1.29 is 19.1 Å². The minimum atomic E-state index is -0.349. The minimum absolute atomic E-state index is 0.176. The molecule has 2 aromatic carbocycles. The first-order valence-corrected chi connectivity index (χ1v) is 9.00. The second-order valence-corrected chi connectivity index (χ2v) is 6.43. The standard InChI is InChI=1S/C19H20Cl2N2O4/c1-26-10-2-9-22-19(25)13-3-6-15(7-4-13)23-18(24)12-27-17-8-5-14(20)11-16(17)21/h3-8,11H,2,9-10,12H2,1H3,(H,22,25)(H,23,24). The zero-order chi connectivity index (χ0) is 19.6. The third kappa shape index (κ3) is 7.09. The van der Waals surface area contributed by atoms with Crippen LogP contribution in [0.5, 0.6) is 5.75 Å². The number of carbonyl (C=O) groups is 2. The Balaban J connectivity index is 1.81. The smallest absolute Gasteiger partial charge is 0.262 e. The quantitative estimate of drug-likeness (QED) is 0.616. The molecule has 2 aromatic rings. The number of carbonyl (C=O) groups excluding carboxylic acids is 2. The van der Waals surface area contributed by atoms with Crippen LogP contribution in [-0.4, -0.2) is 38.7 Å². The van der Waals surface area contributed by atoms with Gasteiger partial charge < -0.3 is 20.1 Å². The number of halogens is 2. The van der Waals surface area contributed by atoms with E-state index in [1.54, 1.807) is 43.5 Å². The van der Waals surface area contributed by atoms with Crippen molar-refractivity contribution in [2.75, 3.05) is 32.2 Å². The minimum Gasteiger partial charge on any atom is -0.482 e. The van der Waals surface area contributed by atoms with Gasteiger partial charge in [-0.25, -0.2) is 0 Å². The van der Waals surface area contributed by atoms with Crippen molar-refractivity contribution in [1.82, 2.24) is 5.32 Å². The van der Waals surface area contributed by atoms with Crippen LogP contribution in [0.25, 0.3) is 0 Å². The Morgan fingerprint density at radius 1 is 1.07 bits per heavy atom. The van der Waals surface area contributed by atoms with Gasteiger partial charge in [0.2, 0.25) is 0 Å². The van der Waals surface area contributed by atoms with Crippen molar-refractivity contribution in [3.8, 4) is 5.75 Å². The summed E-state index contributed by atoms with van der Waals surface area (Å²) in [7, 11) is 1.62. The molecule has 27 heavy (non-hydrogen) atoms. The molecule has 6 nitrogen and oxygen atoms in total. The van der Waals surface area contributed by atoms with Crippen molar-refractivity contribution in [3.05, 3.63) is 58.1 Å². The Kier molecular flexibility index (Phi) is 8.39. The number of rotatable bonds is 9. The van der Waals surface area contributed by atoms with Crippen LogP contribution in [-0.2, 0) is 9.53 Å². The van der Waals surface area contributed by atoms with E-state index in [4.69, 9.17) is 32.7 Å². The summed E-state index contributed by atoms with van der Waals surface area (Å²) in [5, 5.41) is 6.30. The van der Waals surface area contributed by atoms with Crippen LogP contribution in [0, 0.1) is 0 Å². The number of ether oxygens (including phenoxy) is 2. The number of methoxy groups -OCH3 is 1. The molecule has 0 bridgehead atoms. The SMILES string of the molecule is COCCCNC(=O)c1ccc(NC(=O)COc2ccc(Cl)cc2Cl)cc1. The highest BCUT2D eigenvalue weighted by molar-refractivity contribution is 6.35. The lowest BCUT2D eigenvalue weighted by atomic mass is 10.2. The maximum absolute atomic E-state index is 12.0. The van der Waals surface area contributed by atoms with Crippen molar-refractivity contribution in [3.63, 3.8) is 0 Å². The summed E-state index contributed by atoms with van der Waals surface area (Å²) >= 11 is 11.8. The first-order chi connectivity index (χ1) is 13.0. The first kappa shape index (κ1) is 21.0. The molecular weight excluding hydrogens is 391 g/mol. The van der Waals surface area contributed by atoms with E-state index in [1.807, 2.05) is 0 Å². The van der Waals surface area contributed by atoms with Gasteiger partial charge in [-0.3, -0.25) is 9.59 Å². The Morgan fingerprint density at radius 3 is 2.48 bits per heavy atom. The van der Waals surface area contributed by atoms with Crippen LogP contribution in [0.4, 0.5) is 5.69 Å². The zero-order valence-corrected chi connectivity index (χ0v) is 16.3. The van der Waals surface area contributed by atoms with E-state index in [1.165, 1.54) is 6.07 Å². The molecule has 0 saturated heterocycles. The van der Waals surface area contributed by atoms with Crippen LogP contribution in [0.3, 0.4) is 0 Å². The number of nitrogens with one attached hydrogen (secondary N) is 2. The molecule has 0 saturated carbocycles. The fraction of sp³-hybridized carbons (Fsp3) is 0.263. The Hall–Kier alpha value is -2.28. The Bertz CT molecular complexity index is 782. The zero-order valence-electron chi connectivity index (χ0n) is 14.8. The molecule has 0 heterocycles. The van der Waals surface area contributed by atoms with E-state index in [0.717, 1.165) is 6.42 Å². The summed E-state index contributed by atoms with van der Waals surface area (Å²) in [5.41, 5.74) is 1.07. The van der Waals surface area contributed by atoms with Crippen LogP contribution >= 0.6 is 23.2 Å². The van der Waals surface area contributed by atoms with Gasteiger partial charge in [0.25, 0.3) is 11.8 Å². The maximum Gasteiger partial charge on any atom is 0.262 e. The third-order valence-electron chi connectivity index (χ3n) is 3.49. The Labute approximate surface area is 167 Å². The lowest BCUT2D eigenvalue weighted by Gasteiger charge is -2.10. The highest BCUT2D eigenvalue weighted by Crippen LogP contribution is 2.27. The summed E-state index contributed by atoms with van der Waals surface area (Å²) in [6.45, 7) is 0.924. The predicted molar refractivity (Wildman–Crippen MR) is 106 cm³/mol. The van der Waals surface area contributed by atoms with Gasteiger partial charge in [0.05, 0.1) is 5.02 Å². The second-order valence-electron chi connectivity index (χ2n) is 5.59. The fourth-order valence-corrected chi connectivity index (χ4v) is 2.62. The maximum atomic E-state index is 12.0. The van der Waals surface area contributed by atoms with Crippen LogP contribution in [0.2, 0.25) is 10.0 Å². The average Bonchev–Trinajstić information content (AvgIpc) is 2.65. The lowest BCUT2D eigenvalue weighted by Crippen LogP contribution is -2.25. The molecule has 0 atom stereocenters. The molecule has 144 valence electrons. The van der Waals surface area contributed by atoms with E-state index in [0.29, 0.717) is 40.2 Å². The third-order valence-corrected chi connectivity index (χ3v) is 4.02. The fourth-order valence-electron chi connectivity index (χ4n) is 2.16. The number of hydrogen-bond donors (Lipinski definition) is 2. The van der Waals surface area contributed by atoms with Crippen molar-refractivity contribution >= 4 is 40.7 Å². The molecule has 0 spiro atoms. The number of hydrogen-bond acceptors (Lipinski definition) is 4. The normalized spacial score (nSPS) is 10.3. The summed E-state index contributed by atoms with van der Waals surface area (Å²) < 4.78 is 10.3. The Morgan fingerprint density at radius 2 is 1.81 bits per heavy atom. The average molecular weight is 411 g/mol. The summed E-state index contributed by atoms with van der Waals surface area (Å²) in [5.74, 6) is -0.154. The van der Waals surface area contributed by atoms with Gasteiger partial charge in [-0.15, -0.1) is 0 Å². The molecule has 0 aliphatic carbocycles. The molecular formula is C19H20Cl2N2O4. The highest BCUT2D eigenvalue weighted by Gasteiger charge is 2.08. The molecule has 8 heteroatoms. The largest absolute Gasteiger partial charge is 0.482 e. The van der Waals surface area contributed by atoms with Gasteiger partial charge in [0, 0.05) is 36.5 Å². The van der Waals surface area contributed by atoms with Crippen LogP contribution < -0.4 is 15.4 Å².